The molecule has 0 atom stereocenters. The zero-order valence-corrected chi connectivity index (χ0v) is 20.2. The number of anilines is 5. The Kier molecular flexibility index (Phi) is 7.89. The van der Waals surface area contributed by atoms with E-state index in [4.69, 9.17) is 10.4 Å². The Morgan fingerprint density at radius 2 is 1.77 bits per heavy atom. The predicted molar refractivity (Wildman–Crippen MR) is 142 cm³/mol. The van der Waals surface area contributed by atoms with Crippen LogP contribution in [0.25, 0.3) is 0 Å². The third-order valence-corrected chi connectivity index (χ3v) is 6.02. The zero-order valence-electron chi connectivity index (χ0n) is 20.2. The smallest absolute Gasteiger partial charge is 0.251 e. The number of para-hydroxylation sites is 1. The van der Waals surface area contributed by atoms with Crippen molar-refractivity contribution in [3.8, 4) is 0 Å². The summed E-state index contributed by atoms with van der Waals surface area (Å²) in [5.41, 5.74) is 3.61. The molecule has 1 aliphatic rings. The lowest BCUT2D eigenvalue weighted by Crippen LogP contribution is -2.26. The van der Waals surface area contributed by atoms with Crippen molar-refractivity contribution >= 4 is 41.1 Å². The van der Waals surface area contributed by atoms with Crippen LogP contribution >= 0.6 is 0 Å². The number of hydrogen-bond donors (Lipinski definition) is 5. The molecule has 1 fully saturated rings. The minimum atomic E-state index is -0.168. The lowest BCUT2D eigenvalue weighted by atomic mass is 10.1. The van der Waals surface area contributed by atoms with Crippen molar-refractivity contribution in [2.75, 3.05) is 49.2 Å². The van der Waals surface area contributed by atoms with E-state index in [0.29, 0.717) is 28.7 Å². The minimum Gasteiger partial charge on any atom is -0.355 e. The SMILES string of the molecule is CNC(=O)c1ccc(C)c(Nc2nc(NCCN3CCCC3)nc(Nc3ccccc3)c2C=N)c1. The van der Waals surface area contributed by atoms with Crippen LogP contribution in [0.3, 0.4) is 0 Å². The number of carbonyl (C=O) groups excluding carboxylic acids is 1. The Morgan fingerprint density at radius 1 is 1.06 bits per heavy atom. The maximum atomic E-state index is 12.2. The molecule has 1 aromatic heterocycles. The molecule has 9 nitrogen and oxygen atoms in total. The van der Waals surface area contributed by atoms with Crippen LogP contribution in [-0.4, -0.2) is 60.2 Å². The fraction of sp³-hybridized carbons (Fsp3) is 0.308. The number of nitrogens with one attached hydrogen (secondary N) is 5. The Labute approximate surface area is 205 Å². The maximum absolute atomic E-state index is 12.2. The van der Waals surface area contributed by atoms with Crippen LogP contribution in [0.5, 0.6) is 0 Å². The third-order valence-electron chi connectivity index (χ3n) is 6.02. The molecule has 1 amide bonds. The van der Waals surface area contributed by atoms with E-state index in [1.807, 2.05) is 43.3 Å². The molecule has 3 aromatic rings. The van der Waals surface area contributed by atoms with Crippen LogP contribution in [0.15, 0.2) is 48.5 Å². The van der Waals surface area contributed by atoms with Crippen molar-refractivity contribution in [1.29, 1.82) is 5.41 Å². The quantitative estimate of drug-likeness (QED) is 0.282. The first-order valence-electron chi connectivity index (χ1n) is 11.9. The Hall–Kier alpha value is -3.98. The van der Waals surface area contributed by atoms with E-state index in [1.165, 1.54) is 19.1 Å². The molecule has 9 heteroatoms. The molecule has 2 heterocycles. The van der Waals surface area contributed by atoms with Crippen molar-refractivity contribution in [2.24, 2.45) is 0 Å². The lowest BCUT2D eigenvalue weighted by Gasteiger charge is -2.18. The van der Waals surface area contributed by atoms with E-state index in [0.717, 1.165) is 43.1 Å². The fourth-order valence-electron chi connectivity index (χ4n) is 4.04. The van der Waals surface area contributed by atoms with Gasteiger partial charge in [0.25, 0.3) is 5.91 Å². The van der Waals surface area contributed by atoms with Gasteiger partial charge >= 0.3 is 0 Å². The number of rotatable bonds is 10. The van der Waals surface area contributed by atoms with Crippen molar-refractivity contribution < 1.29 is 4.79 Å². The van der Waals surface area contributed by atoms with Gasteiger partial charge in [0.2, 0.25) is 5.95 Å². The molecule has 0 saturated carbocycles. The van der Waals surface area contributed by atoms with Crippen LogP contribution in [0.1, 0.15) is 34.3 Å². The summed E-state index contributed by atoms with van der Waals surface area (Å²) < 4.78 is 0. The van der Waals surface area contributed by atoms with Gasteiger partial charge in [-0.1, -0.05) is 24.3 Å². The summed E-state index contributed by atoms with van der Waals surface area (Å²) in [6.07, 6.45) is 3.73. The maximum Gasteiger partial charge on any atom is 0.251 e. The second kappa shape index (κ2) is 11.4. The van der Waals surface area contributed by atoms with Gasteiger partial charge in [0.1, 0.15) is 11.6 Å². The molecule has 0 unspecified atom stereocenters. The predicted octanol–water partition coefficient (Wildman–Crippen LogP) is 4.14. The van der Waals surface area contributed by atoms with Crippen molar-refractivity contribution in [3.63, 3.8) is 0 Å². The fourth-order valence-corrected chi connectivity index (χ4v) is 4.04. The summed E-state index contributed by atoms with van der Waals surface area (Å²) in [5, 5.41) is 20.8. The normalized spacial score (nSPS) is 13.3. The van der Waals surface area contributed by atoms with E-state index in [2.05, 4.69) is 31.2 Å². The first-order valence-corrected chi connectivity index (χ1v) is 11.9. The third kappa shape index (κ3) is 6.13. The first kappa shape index (κ1) is 24.2. The molecule has 4 rings (SSSR count). The molecule has 5 N–H and O–H groups in total. The second-order valence-electron chi connectivity index (χ2n) is 8.50. The zero-order chi connectivity index (χ0) is 24.6. The van der Waals surface area contributed by atoms with Crippen molar-refractivity contribution in [1.82, 2.24) is 20.2 Å². The van der Waals surface area contributed by atoms with Crippen LogP contribution in [0, 0.1) is 12.3 Å². The Morgan fingerprint density at radius 3 is 2.46 bits per heavy atom. The number of aryl methyl sites for hydroxylation is 1. The van der Waals surface area contributed by atoms with E-state index in [1.54, 1.807) is 19.2 Å². The average Bonchev–Trinajstić information content (AvgIpc) is 3.39. The van der Waals surface area contributed by atoms with Gasteiger partial charge < -0.3 is 31.6 Å². The van der Waals surface area contributed by atoms with Gasteiger partial charge in [-0.2, -0.15) is 9.97 Å². The Bertz CT molecular complexity index is 1180. The molecular formula is C26H32N8O. The van der Waals surface area contributed by atoms with Gasteiger partial charge in [-0.25, -0.2) is 0 Å². The molecule has 0 bridgehead atoms. The largest absolute Gasteiger partial charge is 0.355 e. The van der Waals surface area contributed by atoms with Gasteiger partial charge in [0.05, 0.1) is 5.56 Å². The summed E-state index contributed by atoms with van der Waals surface area (Å²) in [5.74, 6) is 1.30. The van der Waals surface area contributed by atoms with Crippen molar-refractivity contribution in [3.05, 3.63) is 65.2 Å². The number of likely N-dealkylation sites (tertiary alicyclic amines) is 1. The van der Waals surface area contributed by atoms with E-state index < -0.39 is 0 Å². The highest BCUT2D eigenvalue weighted by molar-refractivity contribution is 5.96. The Balaban J connectivity index is 1.66. The number of amides is 1. The number of nitrogens with zero attached hydrogens (tertiary/aromatic N) is 3. The molecule has 0 aliphatic carbocycles. The molecule has 0 radical (unpaired) electrons. The van der Waals surface area contributed by atoms with Gasteiger partial charge in [-0.3, -0.25) is 4.79 Å². The lowest BCUT2D eigenvalue weighted by molar-refractivity contribution is 0.0963. The number of carbonyl (C=O) groups is 1. The number of hydrogen-bond acceptors (Lipinski definition) is 8. The average molecular weight is 473 g/mol. The van der Waals surface area contributed by atoms with E-state index in [-0.39, 0.29) is 5.91 Å². The highest BCUT2D eigenvalue weighted by atomic mass is 16.1. The summed E-state index contributed by atoms with van der Waals surface area (Å²) >= 11 is 0. The van der Waals surface area contributed by atoms with Gasteiger partial charge in [0.15, 0.2) is 0 Å². The summed E-state index contributed by atoms with van der Waals surface area (Å²) in [6.45, 7) is 5.86. The van der Waals surface area contributed by atoms with Gasteiger partial charge in [0, 0.05) is 43.3 Å². The topological polar surface area (TPSA) is 118 Å². The summed E-state index contributed by atoms with van der Waals surface area (Å²) in [7, 11) is 1.61. The number of aromatic nitrogens is 2. The summed E-state index contributed by atoms with van der Waals surface area (Å²) in [6, 6.07) is 15.2. The molecule has 1 saturated heterocycles. The standard InChI is InChI=1S/C26H32N8O/c1-18-10-11-19(25(35)28-2)16-22(18)31-24-21(17-27)23(30-20-8-4-3-5-9-20)32-26(33-24)29-12-15-34-13-6-7-14-34/h3-5,8-11,16-17,27H,6-7,12-15H2,1-2H3,(H,28,35)(H3,29,30,31,32,33). The molecular weight excluding hydrogens is 440 g/mol. The monoisotopic (exact) mass is 472 g/mol. The molecule has 2 aromatic carbocycles. The second-order valence-corrected chi connectivity index (χ2v) is 8.50. The van der Waals surface area contributed by atoms with Crippen molar-refractivity contribution in [2.45, 2.75) is 19.8 Å². The number of benzene rings is 2. The minimum absolute atomic E-state index is 0.168. The van der Waals surface area contributed by atoms with E-state index in [9.17, 15) is 4.79 Å². The molecule has 1 aliphatic heterocycles. The van der Waals surface area contributed by atoms with Gasteiger partial charge in [-0.05, 0) is 62.7 Å². The molecule has 35 heavy (non-hydrogen) atoms. The molecule has 182 valence electrons. The summed E-state index contributed by atoms with van der Waals surface area (Å²) in [4.78, 5) is 24.0. The van der Waals surface area contributed by atoms with Crippen LogP contribution in [0.2, 0.25) is 0 Å². The first-order chi connectivity index (χ1) is 17.1. The van der Waals surface area contributed by atoms with Crippen LogP contribution in [0.4, 0.5) is 29.0 Å². The highest BCUT2D eigenvalue weighted by Crippen LogP contribution is 2.29. The highest BCUT2D eigenvalue weighted by Gasteiger charge is 2.16. The van der Waals surface area contributed by atoms with E-state index >= 15 is 0 Å². The van der Waals surface area contributed by atoms with Crippen LogP contribution in [-0.2, 0) is 0 Å². The van der Waals surface area contributed by atoms with Gasteiger partial charge in [-0.15, -0.1) is 0 Å². The molecule has 0 spiro atoms. The van der Waals surface area contributed by atoms with Crippen LogP contribution < -0.4 is 21.3 Å².